The van der Waals surface area contributed by atoms with Gasteiger partial charge in [-0.15, -0.1) is 0 Å². The van der Waals surface area contributed by atoms with Gasteiger partial charge in [-0.05, 0) is 6.92 Å². The molecule has 13 nitrogen and oxygen atoms in total. The third-order valence-corrected chi connectivity index (χ3v) is 4.31. The molecule has 7 N–H and O–H groups in total. The second kappa shape index (κ2) is 11.3. The molecule has 0 aliphatic carbocycles. The van der Waals surface area contributed by atoms with Crippen molar-refractivity contribution in [2.45, 2.75) is 6.92 Å². The van der Waals surface area contributed by atoms with E-state index in [9.17, 15) is 13.2 Å². The fourth-order valence-electron chi connectivity index (χ4n) is 1.59. The summed E-state index contributed by atoms with van der Waals surface area (Å²) in [5, 5.41) is 22.9. The number of anilines is 3. The van der Waals surface area contributed by atoms with Gasteiger partial charge in [-0.2, -0.15) is 15.0 Å². The highest BCUT2D eigenvalue weighted by molar-refractivity contribution is 7.89. The largest absolute Gasteiger partial charge is 0.480 e. The molecule has 0 aromatic carbocycles. The van der Waals surface area contributed by atoms with Gasteiger partial charge in [0.25, 0.3) is 0 Å². The monoisotopic (exact) mass is 395 g/mol. The molecule has 0 atom stereocenters. The Morgan fingerprint density at radius 3 is 2.31 bits per heavy atom. The molecule has 0 bridgehead atoms. The molecule has 26 heavy (non-hydrogen) atoms. The first-order valence-corrected chi connectivity index (χ1v) is 9.17. The maximum Gasteiger partial charge on any atom is 0.322 e. The third kappa shape index (κ3) is 8.70. The van der Waals surface area contributed by atoms with E-state index in [0.717, 1.165) is 0 Å². The van der Waals surface area contributed by atoms with Crippen molar-refractivity contribution in [1.82, 2.24) is 19.7 Å². The average molecular weight is 395 g/mol. The van der Waals surface area contributed by atoms with Crippen LogP contribution in [-0.4, -0.2) is 90.6 Å². The minimum atomic E-state index is -3.29. The number of sulfonamides is 1. The van der Waals surface area contributed by atoms with Crippen molar-refractivity contribution in [2.75, 3.05) is 61.1 Å². The number of hydrogen-bond donors (Lipinski definition) is 5. The smallest absolute Gasteiger partial charge is 0.322 e. The summed E-state index contributed by atoms with van der Waals surface area (Å²) in [5.74, 6) is -0.657. The predicted molar refractivity (Wildman–Crippen MR) is 95.9 cm³/mol. The molecule has 1 aromatic heterocycles. The lowest BCUT2D eigenvalue weighted by atomic mass is 10.5. The van der Waals surface area contributed by atoms with Crippen LogP contribution >= 0.6 is 0 Å². The molecule has 1 aromatic rings. The average Bonchev–Trinajstić information content (AvgIpc) is 2.57. The molecule has 0 radical (unpaired) electrons. The molecule has 0 amide bonds. The minimum Gasteiger partial charge on any atom is -0.480 e. The van der Waals surface area contributed by atoms with E-state index in [0.29, 0.717) is 6.54 Å². The molecule has 0 unspecified atom stereocenters. The summed E-state index contributed by atoms with van der Waals surface area (Å²) in [6.45, 7) is 1.70. The Bertz CT molecular complexity index is 672. The number of carboxylic acids is 1. The molecule has 0 spiro atoms. The Balaban J connectivity index is 0.00000625. The Hall–Kier alpha value is -2.29. The maximum absolute atomic E-state index is 11.4. The van der Waals surface area contributed by atoms with Crippen LogP contribution in [0.25, 0.3) is 0 Å². The zero-order valence-corrected chi connectivity index (χ0v) is 15.4. The van der Waals surface area contributed by atoms with Crippen molar-refractivity contribution in [1.29, 1.82) is 0 Å². The summed E-state index contributed by atoms with van der Waals surface area (Å²) in [6, 6.07) is 0. The molecule has 0 saturated carbocycles. The van der Waals surface area contributed by atoms with Gasteiger partial charge in [0.1, 0.15) is 6.54 Å². The molecule has 0 aliphatic rings. The number of aliphatic carboxylic acids is 1. The first kappa shape index (κ1) is 23.7. The van der Waals surface area contributed by atoms with Crippen LogP contribution in [0.3, 0.4) is 0 Å². The number of rotatable bonds is 12. The molecule has 0 aliphatic heterocycles. The van der Waals surface area contributed by atoms with Gasteiger partial charge in [-0.1, -0.05) is 0 Å². The summed E-state index contributed by atoms with van der Waals surface area (Å²) in [4.78, 5) is 24.5. The summed E-state index contributed by atoms with van der Waals surface area (Å²) in [5.41, 5.74) is 0. The zero-order valence-electron chi connectivity index (χ0n) is 14.6. The van der Waals surface area contributed by atoms with E-state index in [1.165, 1.54) is 6.92 Å². The van der Waals surface area contributed by atoms with Crippen LogP contribution in [0.2, 0.25) is 0 Å². The molecule has 150 valence electrons. The summed E-state index contributed by atoms with van der Waals surface area (Å²) < 4.78 is 25.3. The van der Waals surface area contributed by atoms with E-state index in [1.807, 2.05) is 0 Å². The number of hydrogen-bond acceptors (Lipinski definition) is 10. The van der Waals surface area contributed by atoms with Crippen LogP contribution in [-0.2, 0) is 14.8 Å². The van der Waals surface area contributed by atoms with Crippen LogP contribution < -0.4 is 20.3 Å². The minimum absolute atomic E-state index is 0. The molecular weight excluding hydrogens is 370 g/mol. The topological polar surface area (TPSA) is 201 Å². The number of carbonyl (C=O) groups is 1. The van der Waals surface area contributed by atoms with E-state index < -0.39 is 16.0 Å². The number of aliphatic hydroxyl groups excluding tert-OH is 1. The van der Waals surface area contributed by atoms with Gasteiger partial charge in [0.2, 0.25) is 27.9 Å². The van der Waals surface area contributed by atoms with Crippen molar-refractivity contribution >= 4 is 33.8 Å². The van der Waals surface area contributed by atoms with E-state index in [1.54, 1.807) is 11.9 Å². The second-order valence-electron chi connectivity index (χ2n) is 4.90. The van der Waals surface area contributed by atoms with Crippen molar-refractivity contribution in [3.8, 4) is 0 Å². The SMILES string of the molecule is CCS(=O)(=O)NCCN(C)c1nc(NCCO)nc(NCC(=O)O)n1.O. The van der Waals surface area contributed by atoms with Crippen molar-refractivity contribution < 1.29 is 28.9 Å². The fraction of sp³-hybridized carbons (Fsp3) is 0.667. The summed E-state index contributed by atoms with van der Waals surface area (Å²) in [6.07, 6.45) is 0. The van der Waals surface area contributed by atoms with Crippen LogP contribution in [0.1, 0.15) is 6.92 Å². The Kier molecular flexibility index (Phi) is 10.3. The first-order chi connectivity index (χ1) is 11.8. The fourth-order valence-corrected chi connectivity index (χ4v) is 2.19. The number of likely N-dealkylation sites (N-methyl/N-ethyl adjacent to an activating group) is 1. The van der Waals surface area contributed by atoms with Crippen molar-refractivity contribution in [3.63, 3.8) is 0 Å². The maximum atomic E-state index is 11.4. The molecule has 1 rings (SSSR count). The second-order valence-corrected chi connectivity index (χ2v) is 7.00. The van der Waals surface area contributed by atoms with Crippen molar-refractivity contribution in [2.24, 2.45) is 0 Å². The van der Waals surface area contributed by atoms with Gasteiger partial charge in [0.05, 0.1) is 12.4 Å². The lowest BCUT2D eigenvalue weighted by molar-refractivity contribution is -0.134. The van der Waals surface area contributed by atoms with Crippen LogP contribution in [0, 0.1) is 0 Å². The summed E-state index contributed by atoms with van der Waals surface area (Å²) in [7, 11) is -1.63. The molecular formula is C12H25N7O6S. The van der Waals surface area contributed by atoms with E-state index in [4.69, 9.17) is 10.2 Å². The zero-order chi connectivity index (χ0) is 18.9. The van der Waals surface area contributed by atoms with Gasteiger partial charge in [-0.25, -0.2) is 13.1 Å². The number of carboxylic acid groups (broad SMARTS) is 1. The standard InChI is InChI=1S/C12H23N7O5S.H2O/c1-3-25(23,24)15-4-6-19(2)12-17-10(13-5-7-20)16-11(18-12)14-8-9(21)22;/h15,20H,3-8H2,1-2H3,(H,21,22)(H2,13,14,16,17,18);1H2. The number of aromatic nitrogens is 3. The van der Waals surface area contributed by atoms with E-state index in [2.05, 4.69) is 30.3 Å². The number of nitrogens with one attached hydrogen (secondary N) is 3. The predicted octanol–water partition coefficient (Wildman–Crippen LogP) is -2.68. The molecule has 14 heteroatoms. The van der Waals surface area contributed by atoms with Gasteiger partial charge in [-0.3, -0.25) is 4.79 Å². The van der Waals surface area contributed by atoms with Gasteiger partial charge < -0.3 is 31.2 Å². The van der Waals surface area contributed by atoms with Crippen molar-refractivity contribution in [3.05, 3.63) is 0 Å². The highest BCUT2D eigenvalue weighted by Gasteiger charge is 2.12. The number of nitrogens with zero attached hydrogens (tertiary/aromatic N) is 4. The normalized spacial score (nSPS) is 10.7. The Morgan fingerprint density at radius 1 is 1.15 bits per heavy atom. The first-order valence-electron chi connectivity index (χ1n) is 7.52. The Labute approximate surface area is 151 Å². The lowest BCUT2D eigenvalue weighted by Gasteiger charge is -2.18. The molecule has 1 heterocycles. The molecule has 0 fully saturated rings. The molecule has 0 saturated heterocycles. The van der Waals surface area contributed by atoms with Crippen LogP contribution in [0.5, 0.6) is 0 Å². The Morgan fingerprint density at radius 2 is 1.77 bits per heavy atom. The van der Waals surface area contributed by atoms with Crippen LogP contribution in [0.15, 0.2) is 0 Å². The van der Waals surface area contributed by atoms with E-state index >= 15 is 0 Å². The van der Waals surface area contributed by atoms with Gasteiger partial charge in [0, 0.05) is 26.7 Å². The van der Waals surface area contributed by atoms with Gasteiger partial charge in [0.15, 0.2) is 0 Å². The lowest BCUT2D eigenvalue weighted by Crippen LogP contribution is -2.34. The van der Waals surface area contributed by atoms with Gasteiger partial charge >= 0.3 is 5.97 Å². The summed E-state index contributed by atoms with van der Waals surface area (Å²) >= 11 is 0. The number of aliphatic hydroxyl groups is 1. The highest BCUT2D eigenvalue weighted by Crippen LogP contribution is 2.12. The highest BCUT2D eigenvalue weighted by atomic mass is 32.2. The van der Waals surface area contributed by atoms with Crippen LogP contribution in [0.4, 0.5) is 17.8 Å². The quantitative estimate of drug-likeness (QED) is 0.247. The third-order valence-electron chi connectivity index (χ3n) is 2.91. The van der Waals surface area contributed by atoms with E-state index in [-0.39, 0.29) is 55.3 Å².